The predicted molar refractivity (Wildman–Crippen MR) is 96.2 cm³/mol. The van der Waals surface area contributed by atoms with Crippen molar-refractivity contribution in [2.75, 3.05) is 11.1 Å². The first-order valence-electron chi connectivity index (χ1n) is 7.07. The van der Waals surface area contributed by atoms with E-state index in [1.807, 2.05) is 6.07 Å². The molecule has 3 rings (SSSR count). The Morgan fingerprint density at radius 3 is 2.81 bits per heavy atom. The van der Waals surface area contributed by atoms with Crippen LogP contribution in [0.1, 0.15) is 24.1 Å². The second-order valence-corrected chi connectivity index (χ2v) is 6.88. The van der Waals surface area contributed by atoms with E-state index in [2.05, 4.69) is 70.6 Å². The first-order valence-corrected chi connectivity index (χ1v) is 8.85. The summed E-state index contributed by atoms with van der Waals surface area (Å²) in [5.74, 6) is 1.00. The molecule has 2 nitrogen and oxygen atoms in total. The second-order valence-electron chi connectivity index (χ2n) is 4.95. The highest BCUT2D eigenvalue weighted by Crippen LogP contribution is 2.31. The molecule has 0 radical (unpaired) electrons. The van der Waals surface area contributed by atoms with Crippen LogP contribution in [0.15, 0.2) is 58.0 Å². The molecular weight excluding hydrogens is 344 g/mol. The van der Waals surface area contributed by atoms with Crippen LogP contribution in [0.5, 0.6) is 0 Å². The number of hydrogen-bond donors (Lipinski definition) is 1. The van der Waals surface area contributed by atoms with Crippen LogP contribution in [0.25, 0.3) is 0 Å². The van der Waals surface area contributed by atoms with Gasteiger partial charge in [-0.1, -0.05) is 64.9 Å². The summed E-state index contributed by atoms with van der Waals surface area (Å²) in [7, 11) is 0. The quantitative estimate of drug-likeness (QED) is 0.806. The summed E-state index contributed by atoms with van der Waals surface area (Å²) < 4.78 is 1.12. The highest BCUT2D eigenvalue weighted by molar-refractivity contribution is 9.10. The summed E-state index contributed by atoms with van der Waals surface area (Å²) in [6.45, 7) is 2.17. The van der Waals surface area contributed by atoms with Crippen LogP contribution in [-0.4, -0.2) is 10.9 Å². The lowest BCUT2D eigenvalue weighted by Gasteiger charge is -2.10. The Morgan fingerprint density at radius 1 is 1.24 bits per heavy atom. The monoisotopic (exact) mass is 360 g/mol. The maximum absolute atomic E-state index is 4.81. The molecule has 1 heterocycles. The van der Waals surface area contributed by atoms with Gasteiger partial charge in [-0.2, -0.15) is 0 Å². The molecule has 1 aliphatic rings. The third-order valence-electron chi connectivity index (χ3n) is 3.53. The summed E-state index contributed by atoms with van der Waals surface area (Å²) in [6, 6.07) is 17.1. The van der Waals surface area contributed by atoms with Crippen LogP contribution in [-0.2, 0) is 6.42 Å². The molecule has 108 valence electrons. The largest absolute Gasteiger partial charge is 0.335 e. The van der Waals surface area contributed by atoms with E-state index in [4.69, 9.17) is 4.99 Å². The van der Waals surface area contributed by atoms with E-state index in [-0.39, 0.29) is 6.04 Å². The Bertz CT molecular complexity index is 655. The first kappa shape index (κ1) is 14.7. The van der Waals surface area contributed by atoms with Crippen molar-refractivity contribution in [2.45, 2.75) is 19.4 Å². The molecule has 0 bridgehead atoms. The average Bonchev–Trinajstić information content (AvgIpc) is 2.98. The van der Waals surface area contributed by atoms with Crippen LogP contribution in [0, 0.1) is 0 Å². The number of anilines is 1. The van der Waals surface area contributed by atoms with E-state index < -0.39 is 0 Å². The molecule has 1 unspecified atom stereocenters. The van der Waals surface area contributed by atoms with E-state index >= 15 is 0 Å². The average molecular weight is 361 g/mol. The van der Waals surface area contributed by atoms with Crippen molar-refractivity contribution < 1.29 is 0 Å². The van der Waals surface area contributed by atoms with E-state index in [1.165, 1.54) is 11.1 Å². The highest BCUT2D eigenvalue weighted by Gasteiger charge is 2.20. The van der Waals surface area contributed by atoms with E-state index in [9.17, 15) is 0 Å². The number of amidine groups is 1. The summed E-state index contributed by atoms with van der Waals surface area (Å²) in [4.78, 5) is 4.81. The SMILES string of the molecule is CCc1cc(Br)ccc1NC1=NC(c2ccccc2)CS1. The third kappa shape index (κ3) is 3.50. The van der Waals surface area contributed by atoms with E-state index in [1.54, 1.807) is 11.8 Å². The van der Waals surface area contributed by atoms with Crippen LogP contribution >= 0.6 is 27.7 Å². The Hall–Kier alpha value is -1.26. The molecule has 4 heteroatoms. The summed E-state index contributed by atoms with van der Waals surface area (Å²) >= 11 is 5.32. The lowest BCUT2D eigenvalue weighted by molar-refractivity contribution is 0.849. The zero-order valence-corrected chi connectivity index (χ0v) is 14.2. The molecule has 1 atom stereocenters. The number of nitrogens with zero attached hydrogens (tertiary/aromatic N) is 1. The number of halogens is 1. The van der Waals surface area contributed by atoms with Gasteiger partial charge in [0.15, 0.2) is 5.17 Å². The molecule has 0 spiro atoms. The fourth-order valence-corrected chi connectivity index (χ4v) is 3.76. The lowest BCUT2D eigenvalue weighted by Crippen LogP contribution is -2.07. The number of aryl methyl sites for hydroxylation is 1. The van der Waals surface area contributed by atoms with Crippen LogP contribution in [0.4, 0.5) is 5.69 Å². The molecule has 21 heavy (non-hydrogen) atoms. The zero-order chi connectivity index (χ0) is 14.7. The molecule has 0 fully saturated rings. The molecule has 1 N–H and O–H groups in total. The minimum atomic E-state index is 0.263. The van der Waals surface area contributed by atoms with Crippen molar-refractivity contribution in [3.8, 4) is 0 Å². The number of thioether (sulfide) groups is 1. The van der Waals surface area contributed by atoms with E-state index in [0.717, 1.165) is 27.5 Å². The molecule has 0 aromatic heterocycles. The molecule has 0 saturated carbocycles. The van der Waals surface area contributed by atoms with Crippen LogP contribution in [0.2, 0.25) is 0 Å². The maximum atomic E-state index is 4.81. The van der Waals surface area contributed by atoms with Gasteiger partial charge >= 0.3 is 0 Å². The fraction of sp³-hybridized carbons (Fsp3) is 0.235. The molecule has 1 aliphatic heterocycles. The predicted octanol–water partition coefficient (Wildman–Crippen LogP) is 5.27. The molecular formula is C17H17BrN2S. The number of benzene rings is 2. The van der Waals surface area contributed by atoms with Gasteiger partial charge in [-0.3, -0.25) is 4.99 Å². The molecule has 2 aromatic carbocycles. The number of hydrogen-bond acceptors (Lipinski definition) is 3. The molecule has 2 aromatic rings. The lowest BCUT2D eigenvalue weighted by atomic mass is 10.1. The van der Waals surface area contributed by atoms with Gasteiger partial charge in [-0.05, 0) is 35.7 Å². The van der Waals surface area contributed by atoms with Crippen molar-refractivity contribution in [1.82, 2.24) is 0 Å². The summed E-state index contributed by atoms with van der Waals surface area (Å²) in [5.41, 5.74) is 3.74. The number of nitrogens with one attached hydrogen (secondary N) is 1. The topological polar surface area (TPSA) is 24.4 Å². The molecule has 0 aliphatic carbocycles. The van der Waals surface area contributed by atoms with Gasteiger partial charge in [-0.25, -0.2) is 0 Å². The van der Waals surface area contributed by atoms with Crippen LogP contribution < -0.4 is 5.32 Å². The normalized spacial score (nSPS) is 17.6. The third-order valence-corrected chi connectivity index (χ3v) is 4.98. The molecule has 0 amide bonds. The number of aliphatic imine (C=N–C) groups is 1. The number of rotatable bonds is 3. The van der Waals surface area contributed by atoms with Crippen molar-refractivity contribution >= 4 is 38.5 Å². The van der Waals surface area contributed by atoms with Gasteiger partial charge in [-0.15, -0.1) is 0 Å². The standard InChI is InChI=1S/C17H17BrN2S/c1-2-12-10-14(18)8-9-15(12)19-17-20-16(11-21-17)13-6-4-3-5-7-13/h3-10,16H,2,11H2,1H3,(H,19,20). The van der Waals surface area contributed by atoms with Gasteiger partial charge in [0, 0.05) is 15.9 Å². The first-order chi connectivity index (χ1) is 10.3. The van der Waals surface area contributed by atoms with Gasteiger partial charge in [0.25, 0.3) is 0 Å². The minimum absolute atomic E-state index is 0.263. The van der Waals surface area contributed by atoms with Gasteiger partial charge in [0.2, 0.25) is 0 Å². The summed E-state index contributed by atoms with van der Waals surface area (Å²) in [6.07, 6.45) is 1.00. The Balaban J connectivity index is 1.77. The Kier molecular flexibility index (Phi) is 4.66. The van der Waals surface area contributed by atoms with Crippen molar-refractivity contribution in [3.63, 3.8) is 0 Å². The van der Waals surface area contributed by atoms with Crippen molar-refractivity contribution in [3.05, 3.63) is 64.1 Å². The van der Waals surface area contributed by atoms with Crippen molar-refractivity contribution in [1.29, 1.82) is 0 Å². The van der Waals surface area contributed by atoms with Crippen molar-refractivity contribution in [2.24, 2.45) is 4.99 Å². The minimum Gasteiger partial charge on any atom is -0.335 e. The Morgan fingerprint density at radius 2 is 2.05 bits per heavy atom. The second kappa shape index (κ2) is 6.67. The molecule has 0 saturated heterocycles. The van der Waals surface area contributed by atoms with Gasteiger partial charge < -0.3 is 5.32 Å². The fourth-order valence-electron chi connectivity index (χ4n) is 2.38. The Labute approximate surface area is 138 Å². The van der Waals surface area contributed by atoms with Gasteiger partial charge in [0.1, 0.15) is 0 Å². The van der Waals surface area contributed by atoms with Crippen LogP contribution in [0.3, 0.4) is 0 Å². The summed E-state index contributed by atoms with van der Waals surface area (Å²) in [5, 5.41) is 4.49. The zero-order valence-electron chi connectivity index (χ0n) is 11.8. The maximum Gasteiger partial charge on any atom is 0.161 e. The highest BCUT2D eigenvalue weighted by atomic mass is 79.9. The van der Waals surface area contributed by atoms with Gasteiger partial charge in [0.05, 0.1) is 6.04 Å². The van der Waals surface area contributed by atoms with E-state index in [0.29, 0.717) is 0 Å². The smallest absolute Gasteiger partial charge is 0.161 e.